The monoisotopic (exact) mass is 539 g/mol. The molecular weight excluding hydrogens is 520 g/mol. The van der Waals surface area contributed by atoms with E-state index in [4.69, 9.17) is 23.2 Å². The maximum Gasteiger partial charge on any atom is 0.217 e. The van der Waals surface area contributed by atoms with E-state index in [1.807, 2.05) is 17.8 Å². The fourth-order valence-corrected chi connectivity index (χ4v) is 5.01. The first-order valence-corrected chi connectivity index (χ1v) is 12.3. The van der Waals surface area contributed by atoms with Crippen molar-refractivity contribution >= 4 is 23.2 Å². The number of imidazole rings is 1. The van der Waals surface area contributed by atoms with Crippen molar-refractivity contribution in [1.29, 1.82) is 0 Å². The van der Waals surface area contributed by atoms with E-state index in [0.29, 0.717) is 28.0 Å². The SMILES string of the molecule is Cn1cnc(Cl)c1-c1cnn([C@H](CC2CC2)c2ccc(-c3c(-n4cnnn4)ccc(Cl)c3F)c[n+]2[O-])c1. The molecule has 4 aromatic heterocycles. The number of hydrogen-bond donors (Lipinski definition) is 0. The molecule has 1 aliphatic rings. The normalized spacial score (nSPS) is 14.3. The Balaban J connectivity index is 1.41. The molecule has 0 unspecified atom stereocenters. The van der Waals surface area contributed by atoms with Crippen LogP contribution in [0.2, 0.25) is 10.2 Å². The van der Waals surface area contributed by atoms with Gasteiger partial charge >= 0.3 is 0 Å². The Bertz CT molecular complexity index is 1570. The van der Waals surface area contributed by atoms with Crippen molar-refractivity contribution in [2.75, 3.05) is 0 Å². The van der Waals surface area contributed by atoms with E-state index in [-0.39, 0.29) is 16.6 Å². The van der Waals surface area contributed by atoms with Gasteiger partial charge in [-0.05, 0) is 41.0 Å². The Labute approximate surface area is 220 Å². The van der Waals surface area contributed by atoms with Crippen molar-refractivity contribution in [2.45, 2.75) is 25.3 Å². The van der Waals surface area contributed by atoms with E-state index >= 15 is 4.39 Å². The second-order valence-corrected chi connectivity index (χ2v) is 9.84. The number of tetrazole rings is 1. The molecule has 1 aromatic carbocycles. The molecule has 188 valence electrons. The second kappa shape index (κ2) is 9.24. The lowest BCUT2D eigenvalue weighted by Crippen LogP contribution is -2.35. The standard InChI is InChI=1S/C24H20Cl2FN9O/c1-33-12-28-24(26)23(33)16-9-30-34(10-16)20(8-14-2-3-14)18-6-4-15(11-36(18)37)21-19(35-13-29-31-32-35)7-5-17(25)22(21)27/h4-7,9-14,20H,2-3,8H2,1H3/t20-/m1/s1. The van der Waals surface area contributed by atoms with Crippen LogP contribution in [-0.4, -0.2) is 39.5 Å². The van der Waals surface area contributed by atoms with Crippen LogP contribution in [0.3, 0.4) is 0 Å². The number of nitrogens with zero attached hydrogens (tertiary/aromatic N) is 9. The smallest absolute Gasteiger partial charge is 0.217 e. The quantitative estimate of drug-likeness (QED) is 0.224. The van der Waals surface area contributed by atoms with Gasteiger partial charge in [0.25, 0.3) is 0 Å². The van der Waals surface area contributed by atoms with Crippen molar-refractivity contribution in [3.63, 3.8) is 0 Å². The minimum Gasteiger partial charge on any atom is -0.618 e. The zero-order valence-electron chi connectivity index (χ0n) is 19.5. The second-order valence-electron chi connectivity index (χ2n) is 9.08. The summed E-state index contributed by atoms with van der Waals surface area (Å²) in [6, 6.07) is 6.12. The fraction of sp³-hybridized carbons (Fsp3) is 0.250. The molecule has 1 aliphatic carbocycles. The van der Waals surface area contributed by atoms with Crippen LogP contribution in [0.15, 0.2) is 55.5 Å². The largest absolute Gasteiger partial charge is 0.618 e. The predicted octanol–water partition coefficient (Wildman–Crippen LogP) is 4.40. The number of aryl methyl sites for hydroxylation is 1. The molecule has 0 radical (unpaired) electrons. The van der Waals surface area contributed by atoms with Gasteiger partial charge in [0.15, 0.2) is 17.2 Å². The van der Waals surface area contributed by atoms with Gasteiger partial charge in [-0.25, -0.2) is 9.37 Å². The molecule has 1 saturated carbocycles. The van der Waals surface area contributed by atoms with E-state index in [1.54, 1.807) is 35.4 Å². The van der Waals surface area contributed by atoms with Gasteiger partial charge in [-0.15, -0.1) is 5.10 Å². The average molecular weight is 540 g/mol. The summed E-state index contributed by atoms with van der Waals surface area (Å²) >= 11 is 12.4. The zero-order chi connectivity index (χ0) is 25.7. The molecule has 5 aromatic rings. The van der Waals surface area contributed by atoms with Gasteiger partial charge in [0, 0.05) is 24.9 Å². The molecule has 0 amide bonds. The van der Waals surface area contributed by atoms with Crippen LogP contribution in [0.5, 0.6) is 0 Å². The summed E-state index contributed by atoms with van der Waals surface area (Å²) in [5.41, 5.74) is 2.87. The first-order valence-electron chi connectivity index (χ1n) is 11.6. The van der Waals surface area contributed by atoms with Gasteiger partial charge in [0.2, 0.25) is 5.69 Å². The van der Waals surface area contributed by atoms with Crippen LogP contribution in [0.4, 0.5) is 4.39 Å². The van der Waals surface area contributed by atoms with Gasteiger partial charge in [-0.1, -0.05) is 36.0 Å². The summed E-state index contributed by atoms with van der Waals surface area (Å²) < 4.78 is 20.9. The van der Waals surface area contributed by atoms with Crippen molar-refractivity contribution in [3.8, 4) is 28.1 Å². The Morgan fingerprint density at radius 3 is 2.68 bits per heavy atom. The summed E-state index contributed by atoms with van der Waals surface area (Å²) in [6.45, 7) is 0. The first kappa shape index (κ1) is 23.6. The van der Waals surface area contributed by atoms with Crippen molar-refractivity contribution in [3.05, 3.63) is 82.4 Å². The summed E-state index contributed by atoms with van der Waals surface area (Å²) in [5.74, 6) is -0.156. The van der Waals surface area contributed by atoms with Gasteiger partial charge < -0.3 is 9.77 Å². The predicted molar refractivity (Wildman–Crippen MR) is 133 cm³/mol. The first-order chi connectivity index (χ1) is 17.9. The molecule has 4 heterocycles. The third-order valence-electron chi connectivity index (χ3n) is 6.58. The Morgan fingerprint density at radius 1 is 1.16 bits per heavy atom. The van der Waals surface area contributed by atoms with E-state index < -0.39 is 5.82 Å². The average Bonchev–Trinajstić information content (AvgIpc) is 3.23. The zero-order valence-corrected chi connectivity index (χ0v) is 21.1. The Morgan fingerprint density at radius 2 is 2.00 bits per heavy atom. The van der Waals surface area contributed by atoms with E-state index in [0.717, 1.165) is 35.3 Å². The van der Waals surface area contributed by atoms with Gasteiger partial charge in [-0.3, -0.25) is 4.68 Å². The van der Waals surface area contributed by atoms with Crippen LogP contribution in [0.25, 0.3) is 28.1 Å². The van der Waals surface area contributed by atoms with E-state index in [9.17, 15) is 5.21 Å². The molecule has 0 bridgehead atoms. The van der Waals surface area contributed by atoms with Crippen LogP contribution in [0.1, 0.15) is 31.0 Å². The summed E-state index contributed by atoms with van der Waals surface area (Å²) in [5, 5.41) is 29.4. The molecule has 37 heavy (non-hydrogen) atoms. The van der Waals surface area contributed by atoms with Crippen LogP contribution in [0, 0.1) is 16.9 Å². The van der Waals surface area contributed by atoms with E-state index in [1.165, 1.54) is 23.3 Å². The van der Waals surface area contributed by atoms with Gasteiger partial charge in [-0.2, -0.15) is 14.5 Å². The van der Waals surface area contributed by atoms with Crippen LogP contribution >= 0.6 is 23.2 Å². The highest BCUT2D eigenvalue weighted by molar-refractivity contribution is 6.32. The highest BCUT2D eigenvalue weighted by atomic mass is 35.5. The molecule has 6 rings (SSSR count). The molecule has 0 aliphatic heterocycles. The number of pyridine rings is 1. The van der Waals surface area contributed by atoms with Crippen LogP contribution < -0.4 is 4.73 Å². The Kier molecular flexibility index (Phi) is 5.88. The number of halogens is 3. The van der Waals surface area contributed by atoms with Crippen molar-refractivity contribution in [2.24, 2.45) is 13.0 Å². The minimum absolute atomic E-state index is 0.0714. The maximum absolute atomic E-state index is 15.2. The third-order valence-corrected chi connectivity index (χ3v) is 7.15. The molecule has 1 fully saturated rings. The molecule has 0 saturated heterocycles. The lowest BCUT2D eigenvalue weighted by molar-refractivity contribution is -0.615. The molecule has 1 atom stereocenters. The molecular formula is C24H20Cl2FN9O. The third kappa shape index (κ3) is 4.34. The molecule has 10 nitrogen and oxygen atoms in total. The van der Waals surface area contributed by atoms with Crippen LogP contribution in [-0.2, 0) is 7.05 Å². The summed E-state index contributed by atoms with van der Waals surface area (Å²) in [4.78, 5) is 4.14. The summed E-state index contributed by atoms with van der Waals surface area (Å²) in [7, 11) is 1.86. The number of rotatable bonds is 7. The minimum atomic E-state index is -0.665. The lowest BCUT2D eigenvalue weighted by Gasteiger charge is -2.18. The maximum atomic E-state index is 15.2. The molecule has 13 heteroatoms. The number of benzene rings is 1. The van der Waals surface area contributed by atoms with E-state index in [2.05, 4.69) is 25.6 Å². The Hall–Kier alpha value is -3.83. The lowest BCUT2D eigenvalue weighted by atomic mass is 10.0. The molecule has 0 spiro atoms. The molecule has 0 N–H and O–H groups in total. The topological polar surface area (TPSA) is 106 Å². The highest BCUT2D eigenvalue weighted by Gasteiger charge is 2.32. The van der Waals surface area contributed by atoms with Crippen molar-refractivity contribution in [1.82, 2.24) is 39.5 Å². The fourth-order valence-electron chi connectivity index (χ4n) is 4.56. The van der Waals surface area contributed by atoms with Gasteiger partial charge in [0.05, 0.1) is 40.1 Å². The number of aromatic nitrogens is 9. The van der Waals surface area contributed by atoms with Gasteiger partial charge in [0.1, 0.15) is 12.4 Å². The number of hydrogen-bond acceptors (Lipinski definition) is 6. The van der Waals surface area contributed by atoms with Crippen molar-refractivity contribution < 1.29 is 9.12 Å². The highest BCUT2D eigenvalue weighted by Crippen LogP contribution is 2.40. The summed E-state index contributed by atoms with van der Waals surface area (Å²) in [6.07, 6.45) is 10.9.